The van der Waals surface area contributed by atoms with Crippen LogP contribution >= 0.6 is 0 Å². The summed E-state index contributed by atoms with van der Waals surface area (Å²) in [7, 11) is 0. The van der Waals surface area contributed by atoms with Crippen molar-refractivity contribution >= 4 is 5.78 Å². The van der Waals surface area contributed by atoms with Crippen LogP contribution in [0.4, 0.5) is 13.2 Å². The monoisotopic (exact) mass is 242 g/mol. The van der Waals surface area contributed by atoms with Gasteiger partial charge in [0.25, 0.3) is 0 Å². The number of hydrogen-bond acceptors (Lipinski definition) is 1. The third kappa shape index (κ3) is 2.68. The van der Waals surface area contributed by atoms with E-state index < -0.39 is 11.7 Å². The van der Waals surface area contributed by atoms with E-state index in [1.54, 1.807) is 6.92 Å². The summed E-state index contributed by atoms with van der Waals surface area (Å²) in [6, 6.07) is 4.67. The first-order valence-corrected chi connectivity index (χ1v) is 5.61. The highest BCUT2D eigenvalue weighted by Crippen LogP contribution is 2.38. The van der Waals surface area contributed by atoms with Gasteiger partial charge in [0.2, 0.25) is 0 Å². The van der Waals surface area contributed by atoms with Crippen molar-refractivity contribution < 1.29 is 18.0 Å². The van der Waals surface area contributed by atoms with Crippen LogP contribution in [0.5, 0.6) is 0 Å². The predicted octanol–water partition coefficient (Wildman–Crippen LogP) is 3.93. The molecule has 1 fully saturated rings. The van der Waals surface area contributed by atoms with Crippen LogP contribution in [-0.4, -0.2) is 5.78 Å². The Morgan fingerprint density at radius 1 is 1.35 bits per heavy atom. The molecule has 1 atom stereocenters. The minimum absolute atomic E-state index is 0.166. The molecule has 1 aliphatic carbocycles. The summed E-state index contributed by atoms with van der Waals surface area (Å²) in [5.74, 6) is 0.00845. The number of hydrogen-bond donors (Lipinski definition) is 0. The molecule has 0 aromatic heterocycles. The summed E-state index contributed by atoms with van der Waals surface area (Å²) < 4.78 is 37.5. The molecule has 0 radical (unpaired) electrons. The van der Waals surface area contributed by atoms with Crippen LogP contribution in [0.1, 0.15) is 35.7 Å². The Labute approximate surface area is 97.6 Å². The van der Waals surface area contributed by atoms with Gasteiger partial charge in [-0.1, -0.05) is 19.1 Å². The summed E-state index contributed by atoms with van der Waals surface area (Å²) in [6.45, 7) is 1.79. The highest BCUT2D eigenvalue weighted by Gasteiger charge is 2.35. The van der Waals surface area contributed by atoms with E-state index in [4.69, 9.17) is 0 Å². The summed E-state index contributed by atoms with van der Waals surface area (Å²) in [4.78, 5) is 11.9. The molecule has 0 spiro atoms. The molecule has 0 heterocycles. The van der Waals surface area contributed by atoms with Gasteiger partial charge in [-0.3, -0.25) is 4.79 Å². The first-order valence-electron chi connectivity index (χ1n) is 5.61. The van der Waals surface area contributed by atoms with Gasteiger partial charge in [-0.15, -0.1) is 0 Å². The highest BCUT2D eigenvalue weighted by atomic mass is 19.4. The van der Waals surface area contributed by atoms with E-state index >= 15 is 0 Å². The lowest BCUT2D eigenvalue weighted by Gasteiger charge is -2.11. The predicted molar refractivity (Wildman–Crippen MR) is 57.7 cm³/mol. The van der Waals surface area contributed by atoms with E-state index in [-0.39, 0.29) is 17.3 Å². The quantitative estimate of drug-likeness (QED) is 0.734. The number of rotatable bonds is 3. The maximum Gasteiger partial charge on any atom is 0.416 e. The average molecular weight is 242 g/mol. The van der Waals surface area contributed by atoms with Crippen LogP contribution in [-0.2, 0) is 6.18 Å². The minimum atomic E-state index is -4.39. The molecular formula is C13H13F3O. The second-order valence-electron chi connectivity index (χ2n) is 4.57. The molecule has 1 saturated carbocycles. The number of carbonyl (C=O) groups excluding carboxylic acids is 1. The number of Topliss-reactive ketones (excluding diaryl/α,β-unsaturated/α-hetero) is 1. The molecule has 2 rings (SSSR count). The van der Waals surface area contributed by atoms with Crippen LogP contribution in [0.15, 0.2) is 24.3 Å². The van der Waals surface area contributed by atoms with Gasteiger partial charge in [-0.25, -0.2) is 0 Å². The number of benzene rings is 1. The van der Waals surface area contributed by atoms with Crippen LogP contribution in [0, 0.1) is 11.8 Å². The Morgan fingerprint density at radius 2 is 2.00 bits per heavy atom. The van der Waals surface area contributed by atoms with Crippen molar-refractivity contribution in [3.05, 3.63) is 35.4 Å². The number of carbonyl (C=O) groups is 1. The Bertz CT molecular complexity index is 433. The molecule has 1 aromatic carbocycles. The summed E-state index contributed by atoms with van der Waals surface area (Å²) in [5, 5.41) is 0. The van der Waals surface area contributed by atoms with E-state index in [9.17, 15) is 18.0 Å². The molecule has 0 amide bonds. The summed E-state index contributed by atoms with van der Waals surface area (Å²) in [6.07, 6.45) is -2.38. The lowest BCUT2D eigenvalue weighted by Crippen LogP contribution is -2.14. The van der Waals surface area contributed by atoms with Crippen molar-refractivity contribution in [3.8, 4) is 0 Å². The second-order valence-corrected chi connectivity index (χ2v) is 4.57. The zero-order valence-electron chi connectivity index (χ0n) is 9.42. The first-order chi connectivity index (χ1) is 7.89. The van der Waals surface area contributed by atoms with Crippen LogP contribution < -0.4 is 0 Å². The molecule has 1 aromatic rings. The molecule has 0 saturated heterocycles. The summed E-state index contributed by atoms with van der Waals surface area (Å²) in [5.41, 5.74) is -0.592. The molecule has 4 heteroatoms. The molecule has 1 aliphatic rings. The van der Waals surface area contributed by atoms with Gasteiger partial charge in [0.1, 0.15) is 0 Å². The number of alkyl halides is 3. The van der Waals surface area contributed by atoms with Gasteiger partial charge in [0.05, 0.1) is 5.56 Å². The fourth-order valence-electron chi connectivity index (χ4n) is 1.92. The molecular weight excluding hydrogens is 229 g/mol. The van der Waals surface area contributed by atoms with Crippen molar-refractivity contribution in [2.75, 3.05) is 0 Å². The molecule has 0 bridgehead atoms. The maximum absolute atomic E-state index is 12.5. The third-order valence-electron chi connectivity index (χ3n) is 3.22. The molecule has 0 aliphatic heterocycles. The lowest BCUT2D eigenvalue weighted by molar-refractivity contribution is -0.137. The van der Waals surface area contributed by atoms with Crippen molar-refractivity contribution in [3.63, 3.8) is 0 Å². The van der Waals surface area contributed by atoms with Gasteiger partial charge < -0.3 is 0 Å². The van der Waals surface area contributed by atoms with Crippen LogP contribution in [0.25, 0.3) is 0 Å². The summed E-state index contributed by atoms with van der Waals surface area (Å²) >= 11 is 0. The Hall–Kier alpha value is -1.32. The molecule has 92 valence electrons. The fourth-order valence-corrected chi connectivity index (χ4v) is 1.92. The first kappa shape index (κ1) is 12.1. The average Bonchev–Trinajstić information content (AvgIpc) is 3.10. The maximum atomic E-state index is 12.5. The van der Waals surface area contributed by atoms with Crippen molar-refractivity contribution in [2.24, 2.45) is 11.8 Å². The van der Waals surface area contributed by atoms with Crippen molar-refractivity contribution in [1.82, 2.24) is 0 Å². The molecule has 0 N–H and O–H groups in total. The van der Waals surface area contributed by atoms with Gasteiger partial charge in [-0.05, 0) is 30.9 Å². The van der Waals surface area contributed by atoms with E-state index in [0.717, 1.165) is 25.0 Å². The largest absolute Gasteiger partial charge is 0.416 e. The lowest BCUT2D eigenvalue weighted by atomic mass is 9.94. The van der Waals surface area contributed by atoms with E-state index in [2.05, 4.69) is 0 Å². The van der Waals surface area contributed by atoms with E-state index in [1.165, 1.54) is 12.1 Å². The number of ketones is 1. The Balaban J connectivity index is 2.23. The van der Waals surface area contributed by atoms with Gasteiger partial charge in [-0.2, -0.15) is 13.2 Å². The molecule has 1 unspecified atom stereocenters. The van der Waals surface area contributed by atoms with Crippen LogP contribution in [0.3, 0.4) is 0 Å². The highest BCUT2D eigenvalue weighted by molar-refractivity contribution is 5.98. The topological polar surface area (TPSA) is 17.1 Å². The smallest absolute Gasteiger partial charge is 0.294 e. The zero-order chi connectivity index (χ0) is 12.6. The SMILES string of the molecule is CC(C(=O)c1cccc(C(F)(F)F)c1)C1CC1. The van der Waals surface area contributed by atoms with Crippen molar-refractivity contribution in [2.45, 2.75) is 25.9 Å². The zero-order valence-corrected chi connectivity index (χ0v) is 9.42. The minimum Gasteiger partial charge on any atom is -0.294 e. The molecule has 1 nitrogen and oxygen atoms in total. The van der Waals surface area contributed by atoms with Gasteiger partial charge >= 0.3 is 6.18 Å². The van der Waals surface area contributed by atoms with E-state index in [1.807, 2.05) is 0 Å². The van der Waals surface area contributed by atoms with Crippen molar-refractivity contribution in [1.29, 1.82) is 0 Å². The Kier molecular flexibility index (Phi) is 2.98. The second kappa shape index (κ2) is 4.17. The van der Waals surface area contributed by atoms with E-state index in [0.29, 0.717) is 5.92 Å². The van der Waals surface area contributed by atoms with Crippen LogP contribution in [0.2, 0.25) is 0 Å². The van der Waals surface area contributed by atoms with Gasteiger partial charge in [0.15, 0.2) is 5.78 Å². The standard InChI is InChI=1S/C13H13F3O/c1-8(9-5-6-9)12(17)10-3-2-4-11(7-10)13(14,15)16/h2-4,7-9H,5-6H2,1H3. The number of halogens is 3. The van der Waals surface area contributed by atoms with Gasteiger partial charge in [0, 0.05) is 11.5 Å². The molecule has 17 heavy (non-hydrogen) atoms. The normalized spacial score (nSPS) is 17.9. The Morgan fingerprint density at radius 3 is 2.53 bits per heavy atom. The fraction of sp³-hybridized carbons (Fsp3) is 0.462. The third-order valence-corrected chi connectivity index (χ3v) is 3.22.